The van der Waals surface area contributed by atoms with E-state index in [0.717, 1.165) is 5.52 Å². The van der Waals surface area contributed by atoms with E-state index >= 15 is 0 Å². The fourth-order valence-corrected chi connectivity index (χ4v) is 2.00. The van der Waals surface area contributed by atoms with Gasteiger partial charge in [0.15, 0.2) is 6.33 Å². The van der Waals surface area contributed by atoms with Gasteiger partial charge in [0.2, 0.25) is 11.8 Å². The van der Waals surface area contributed by atoms with Crippen LogP contribution in [0.3, 0.4) is 0 Å². The maximum absolute atomic E-state index is 9.04. The van der Waals surface area contributed by atoms with Crippen LogP contribution >= 0.6 is 0 Å². The summed E-state index contributed by atoms with van der Waals surface area (Å²) in [5.74, 6) is 0.912. The molecule has 0 saturated heterocycles. The Morgan fingerprint density at radius 1 is 1.42 bits per heavy atom. The monoisotopic (exact) mass is 254 g/mol. The summed E-state index contributed by atoms with van der Waals surface area (Å²) in [5, 5.41) is 12.6. The molecule has 0 radical (unpaired) electrons. The van der Waals surface area contributed by atoms with Gasteiger partial charge in [-0.2, -0.15) is 10.2 Å². The van der Waals surface area contributed by atoms with Gasteiger partial charge in [-0.15, -0.1) is 0 Å². The van der Waals surface area contributed by atoms with E-state index in [-0.39, 0.29) is 0 Å². The molecular formula is C12H10N6O. The van der Waals surface area contributed by atoms with Crippen molar-refractivity contribution in [2.75, 3.05) is 5.73 Å². The minimum Gasteiger partial charge on any atom is -0.369 e. The Morgan fingerprint density at radius 3 is 3.05 bits per heavy atom. The first-order chi connectivity index (χ1) is 9.29. The minimum absolute atomic E-state index is 0.372. The first-order valence-corrected chi connectivity index (χ1v) is 5.70. The van der Waals surface area contributed by atoms with Crippen molar-refractivity contribution in [2.24, 2.45) is 0 Å². The zero-order valence-corrected chi connectivity index (χ0v) is 9.95. The zero-order valence-electron chi connectivity index (χ0n) is 9.95. The molecule has 0 aliphatic carbocycles. The molecular weight excluding hydrogens is 244 g/mol. The summed E-state index contributed by atoms with van der Waals surface area (Å²) < 4.78 is 6.77. The molecule has 0 atom stereocenters. The standard InChI is InChI=1S/C12H10N6O/c13-6-8-2-1-3-9-11(8)17-12(14)18(9)5-4-10-15-7-16-19-10/h1-3,7H,4-5H2,(H2,14,17). The van der Waals surface area contributed by atoms with Crippen LogP contribution < -0.4 is 5.73 Å². The van der Waals surface area contributed by atoms with E-state index in [0.29, 0.717) is 35.9 Å². The number of imidazole rings is 1. The van der Waals surface area contributed by atoms with Crippen LogP contribution in [0.5, 0.6) is 0 Å². The smallest absolute Gasteiger partial charge is 0.228 e. The van der Waals surface area contributed by atoms with Gasteiger partial charge in [0.05, 0.1) is 11.1 Å². The van der Waals surface area contributed by atoms with Crippen LogP contribution in [0.4, 0.5) is 5.95 Å². The van der Waals surface area contributed by atoms with Crippen LogP contribution in [0.2, 0.25) is 0 Å². The lowest BCUT2D eigenvalue weighted by molar-refractivity contribution is 0.372. The Kier molecular flexibility index (Phi) is 2.61. The minimum atomic E-state index is 0.372. The SMILES string of the molecule is N#Cc1cccc2c1nc(N)n2CCc1ncno1. The van der Waals surface area contributed by atoms with Gasteiger partial charge in [0, 0.05) is 13.0 Å². The second kappa shape index (κ2) is 4.42. The van der Waals surface area contributed by atoms with Gasteiger partial charge in [0.1, 0.15) is 11.6 Å². The molecule has 3 rings (SSSR count). The number of nitrogens with two attached hydrogens (primary N) is 1. The molecule has 2 aromatic heterocycles. The molecule has 94 valence electrons. The largest absolute Gasteiger partial charge is 0.369 e. The number of fused-ring (bicyclic) bond motifs is 1. The molecule has 3 aromatic rings. The molecule has 0 saturated carbocycles. The lowest BCUT2D eigenvalue weighted by Gasteiger charge is -2.03. The Morgan fingerprint density at radius 2 is 2.32 bits per heavy atom. The highest BCUT2D eigenvalue weighted by atomic mass is 16.5. The fourth-order valence-electron chi connectivity index (χ4n) is 2.00. The predicted octanol–water partition coefficient (Wildman–Crippen LogP) is 1.12. The lowest BCUT2D eigenvalue weighted by atomic mass is 10.2. The van der Waals surface area contributed by atoms with E-state index in [2.05, 4.69) is 21.2 Å². The molecule has 0 fully saturated rings. The number of nitrogen functional groups attached to an aromatic ring is 1. The molecule has 0 amide bonds. The number of benzene rings is 1. The van der Waals surface area contributed by atoms with Crippen molar-refractivity contribution in [1.29, 1.82) is 5.26 Å². The van der Waals surface area contributed by atoms with E-state index < -0.39 is 0 Å². The molecule has 0 unspecified atom stereocenters. The summed E-state index contributed by atoms with van der Waals surface area (Å²) in [6, 6.07) is 7.52. The van der Waals surface area contributed by atoms with E-state index in [1.807, 2.05) is 16.7 Å². The Balaban J connectivity index is 1.99. The third-order valence-corrected chi connectivity index (χ3v) is 2.89. The predicted molar refractivity (Wildman–Crippen MR) is 66.9 cm³/mol. The third kappa shape index (κ3) is 1.89. The van der Waals surface area contributed by atoms with Gasteiger partial charge in [-0.3, -0.25) is 0 Å². The summed E-state index contributed by atoms with van der Waals surface area (Å²) in [6.07, 6.45) is 1.92. The molecule has 0 aliphatic rings. The highest BCUT2D eigenvalue weighted by Crippen LogP contribution is 2.21. The molecule has 2 heterocycles. The summed E-state index contributed by atoms with van der Waals surface area (Å²) in [4.78, 5) is 8.19. The van der Waals surface area contributed by atoms with Crippen LogP contribution in [-0.4, -0.2) is 19.7 Å². The van der Waals surface area contributed by atoms with Gasteiger partial charge >= 0.3 is 0 Å². The summed E-state index contributed by atoms with van der Waals surface area (Å²) in [7, 11) is 0. The number of para-hydroxylation sites is 1. The number of hydrogen-bond donors (Lipinski definition) is 1. The van der Waals surface area contributed by atoms with Gasteiger partial charge in [-0.1, -0.05) is 11.2 Å². The lowest BCUT2D eigenvalue weighted by Crippen LogP contribution is -2.05. The average Bonchev–Trinajstić information content (AvgIpc) is 3.03. The summed E-state index contributed by atoms with van der Waals surface area (Å²) >= 11 is 0. The van der Waals surface area contributed by atoms with Crippen LogP contribution in [0.1, 0.15) is 11.5 Å². The fraction of sp³-hybridized carbons (Fsp3) is 0.167. The van der Waals surface area contributed by atoms with E-state index in [1.165, 1.54) is 6.33 Å². The van der Waals surface area contributed by atoms with Crippen LogP contribution in [0, 0.1) is 11.3 Å². The Labute approximate surface area is 108 Å². The first-order valence-electron chi connectivity index (χ1n) is 5.70. The maximum atomic E-state index is 9.04. The number of aromatic nitrogens is 4. The molecule has 7 nitrogen and oxygen atoms in total. The van der Waals surface area contributed by atoms with Crippen molar-refractivity contribution in [3.63, 3.8) is 0 Å². The second-order valence-electron chi connectivity index (χ2n) is 3.99. The zero-order chi connectivity index (χ0) is 13.2. The molecule has 0 spiro atoms. The number of nitrogens with zero attached hydrogens (tertiary/aromatic N) is 5. The first kappa shape index (κ1) is 11.2. The Bertz CT molecular complexity index is 752. The third-order valence-electron chi connectivity index (χ3n) is 2.89. The number of nitriles is 1. The average molecular weight is 254 g/mol. The van der Waals surface area contributed by atoms with Gasteiger partial charge in [-0.05, 0) is 12.1 Å². The van der Waals surface area contributed by atoms with Crippen molar-refractivity contribution in [3.8, 4) is 6.07 Å². The normalized spacial score (nSPS) is 10.7. The van der Waals surface area contributed by atoms with E-state index in [1.54, 1.807) is 6.07 Å². The topological polar surface area (TPSA) is 107 Å². The van der Waals surface area contributed by atoms with Crippen molar-refractivity contribution < 1.29 is 4.52 Å². The van der Waals surface area contributed by atoms with Crippen LogP contribution in [-0.2, 0) is 13.0 Å². The van der Waals surface area contributed by atoms with Crippen molar-refractivity contribution in [2.45, 2.75) is 13.0 Å². The molecule has 0 bridgehead atoms. The molecule has 7 heteroatoms. The van der Waals surface area contributed by atoms with E-state index in [9.17, 15) is 0 Å². The second-order valence-corrected chi connectivity index (χ2v) is 3.99. The van der Waals surface area contributed by atoms with Crippen molar-refractivity contribution >= 4 is 17.0 Å². The van der Waals surface area contributed by atoms with Gasteiger partial charge in [-0.25, -0.2) is 4.98 Å². The van der Waals surface area contributed by atoms with Crippen LogP contribution in [0.15, 0.2) is 29.0 Å². The van der Waals surface area contributed by atoms with Crippen LogP contribution in [0.25, 0.3) is 11.0 Å². The maximum Gasteiger partial charge on any atom is 0.228 e. The van der Waals surface area contributed by atoms with Crippen molar-refractivity contribution in [1.82, 2.24) is 19.7 Å². The number of hydrogen-bond acceptors (Lipinski definition) is 6. The highest BCUT2D eigenvalue weighted by Gasteiger charge is 2.12. The van der Waals surface area contributed by atoms with Gasteiger partial charge < -0.3 is 14.8 Å². The molecule has 2 N–H and O–H groups in total. The van der Waals surface area contributed by atoms with Crippen molar-refractivity contribution in [3.05, 3.63) is 36.0 Å². The molecule has 1 aromatic carbocycles. The summed E-state index contributed by atoms with van der Waals surface area (Å²) in [5.41, 5.74) is 7.85. The summed E-state index contributed by atoms with van der Waals surface area (Å²) in [6.45, 7) is 0.569. The molecule has 19 heavy (non-hydrogen) atoms. The Hall–Kier alpha value is -2.88. The van der Waals surface area contributed by atoms with E-state index in [4.69, 9.17) is 15.5 Å². The number of aryl methyl sites for hydroxylation is 2. The number of anilines is 1. The number of rotatable bonds is 3. The quantitative estimate of drug-likeness (QED) is 0.750. The highest BCUT2D eigenvalue weighted by molar-refractivity contribution is 5.83. The van der Waals surface area contributed by atoms with Gasteiger partial charge in [0.25, 0.3) is 0 Å². The molecule has 0 aliphatic heterocycles.